The molecule has 4 rings (SSSR count). The Bertz CT molecular complexity index is 772. The van der Waals surface area contributed by atoms with Gasteiger partial charge in [0.2, 0.25) is 5.91 Å². The van der Waals surface area contributed by atoms with Gasteiger partial charge in [-0.3, -0.25) is 14.7 Å². The molecule has 2 aromatic rings. The van der Waals surface area contributed by atoms with E-state index in [4.69, 9.17) is 11.6 Å². The van der Waals surface area contributed by atoms with E-state index in [9.17, 15) is 9.59 Å². The van der Waals surface area contributed by atoms with Crippen LogP contribution in [-0.2, 0) is 4.79 Å². The number of nitrogens with one attached hydrogen (secondary N) is 1. The fraction of sp³-hybridized carbons (Fsp3) is 0.400. The van der Waals surface area contributed by atoms with Gasteiger partial charge >= 0.3 is 0 Å². The number of hydrogen-bond donors (Lipinski definition) is 1. The van der Waals surface area contributed by atoms with Crippen LogP contribution in [0.25, 0.3) is 10.9 Å². The molecule has 0 saturated carbocycles. The summed E-state index contributed by atoms with van der Waals surface area (Å²) in [6.45, 7) is 1.74. The average molecular weight is 319 g/mol. The number of benzene rings is 1. The second-order valence-electron chi connectivity index (χ2n) is 5.79. The molecule has 1 atom stereocenters. The van der Waals surface area contributed by atoms with Crippen molar-refractivity contribution in [3.8, 4) is 0 Å². The van der Waals surface area contributed by atoms with Gasteiger partial charge in [-0.05, 0) is 24.6 Å². The monoisotopic (exact) mass is 318 g/mol. The average Bonchev–Trinajstić information content (AvgIpc) is 3.10. The fourth-order valence-corrected chi connectivity index (χ4v) is 3.52. The molecule has 22 heavy (non-hydrogen) atoms. The van der Waals surface area contributed by atoms with Crippen molar-refractivity contribution >= 4 is 34.3 Å². The highest BCUT2D eigenvalue weighted by Crippen LogP contribution is 2.26. The Morgan fingerprint density at radius 2 is 2.23 bits per heavy atom. The molecule has 2 saturated heterocycles. The van der Waals surface area contributed by atoms with Crippen LogP contribution in [0.3, 0.4) is 0 Å². The maximum atomic E-state index is 12.8. The molecular weight excluding hydrogens is 304 g/mol. The van der Waals surface area contributed by atoms with Gasteiger partial charge < -0.3 is 9.80 Å². The molecule has 0 radical (unpaired) electrons. The minimum Gasteiger partial charge on any atom is -0.336 e. The van der Waals surface area contributed by atoms with Crippen molar-refractivity contribution in [1.82, 2.24) is 20.0 Å². The third kappa shape index (κ3) is 2.06. The highest BCUT2D eigenvalue weighted by molar-refractivity contribution is 6.31. The van der Waals surface area contributed by atoms with Crippen LogP contribution in [0.1, 0.15) is 23.3 Å². The molecule has 7 heteroatoms. The van der Waals surface area contributed by atoms with E-state index >= 15 is 0 Å². The Balaban J connectivity index is 1.61. The molecule has 1 aromatic heterocycles. The first kappa shape index (κ1) is 13.6. The molecular formula is C15H15ClN4O2. The van der Waals surface area contributed by atoms with Crippen LogP contribution in [0.15, 0.2) is 18.2 Å². The molecule has 114 valence electrons. The smallest absolute Gasteiger partial charge is 0.275 e. The molecule has 1 N–H and O–H groups in total. The minimum absolute atomic E-state index is 0.104. The van der Waals surface area contributed by atoms with Crippen LogP contribution in [0.2, 0.25) is 5.02 Å². The number of piperazine rings is 1. The van der Waals surface area contributed by atoms with E-state index in [1.54, 1.807) is 17.0 Å². The zero-order valence-corrected chi connectivity index (χ0v) is 12.6. The molecule has 0 bridgehead atoms. The standard InChI is InChI=1S/C15H15ClN4O2/c16-9-1-3-12-11(7-9)14(18-17-12)15(22)19-5-6-20-10(8-19)2-4-13(20)21/h1,3,7,10H,2,4-6,8H2,(H,17,18). The lowest BCUT2D eigenvalue weighted by atomic mass is 10.1. The summed E-state index contributed by atoms with van der Waals surface area (Å²) in [5, 5.41) is 8.34. The molecule has 0 aliphatic carbocycles. The predicted molar refractivity (Wildman–Crippen MR) is 81.7 cm³/mol. The maximum Gasteiger partial charge on any atom is 0.275 e. The van der Waals surface area contributed by atoms with E-state index in [0.717, 1.165) is 17.3 Å². The van der Waals surface area contributed by atoms with Gasteiger partial charge in [0.25, 0.3) is 5.91 Å². The Morgan fingerprint density at radius 1 is 1.36 bits per heavy atom. The second-order valence-corrected chi connectivity index (χ2v) is 6.23. The number of hydrogen-bond acceptors (Lipinski definition) is 3. The predicted octanol–water partition coefficient (Wildman–Crippen LogP) is 1.66. The van der Waals surface area contributed by atoms with Gasteiger partial charge in [0.15, 0.2) is 5.69 Å². The van der Waals surface area contributed by atoms with Crippen LogP contribution in [0.5, 0.6) is 0 Å². The molecule has 1 unspecified atom stereocenters. The SMILES string of the molecule is O=C(c1n[nH]c2ccc(Cl)cc12)N1CCN2C(=O)CCC2C1. The van der Waals surface area contributed by atoms with Crippen molar-refractivity contribution in [2.45, 2.75) is 18.9 Å². The van der Waals surface area contributed by atoms with Crippen LogP contribution in [-0.4, -0.2) is 57.5 Å². The highest BCUT2D eigenvalue weighted by atomic mass is 35.5. The van der Waals surface area contributed by atoms with Crippen molar-refractivity contribution in [1.29, 1.82) is 0 Å². The van der Waals surface area contributed by atoms with Crippen LogP contribution >= 0.6 is 11.6 Å². The number of nitrogens with zero attached hydrogens (tertiary/aromatic N) is 3. The minimum atomic E-state index is -0.104. The summed E-state index contributed by atoms with van der Waals surface area (Å²) in [6.07, 6.45) is 1.42. The largest absolute Gasteiger partial charge is 0.336 e. The number of H-pyrrole nitrogens is 1. The van der Waals surface area contributed by atoms with E-state index in [2.05, 4.69) is 10.2 Å². The summed E-state index contributed by atoms with van der Waals surface area (Å²) in [4.78, 5) is 28.1. The maximum absolute atomic E-state index is 12.8. The highest BCUT2D eigenvalue weighted by Gasteiger charge is 2.37. The Kier molecular flexibility index (Phi) is 3.07. The molecule has 2 aliphatic rings. The van der Waals surface area contributed by atoms with Gasteiger partial charge in [0.1, 0.15) is 0 Å². The third-order valence-electron chi connectivity index (χ3n) is 4.51. The summed E-state index contributed by atoms with van der Waals surface area (Å²) >= 11 is 6.02. The first-order valence-corrected chi connectivity index (χ1v) is 7.73. The zero-order chi connectivity index (χ0) is 15.3. The van der Waals surface area contributed by atoms with Gasteiger partial charge in [0.05, 0.1) is 5.52 Å². The van der Waals surface area contributed by atoms with Gasteiger partial charge in [-0.1, -0.05) is 11.6 Å². The second kappa shape index (κ2) is 4.98. The van der Waals surface area contributed by atoms with Crippen molar-refractivity contribution in [3.63, 3.8) is 0 Å². The van der Waals surface area contributed by atoms with Crippen LogP contribution in [0.4, 0.5) is 0 Å². The zero-order valence-electron chi connectivity index (χ0n) is 11.9. The number of rotatable bonds is 1. The van der Waals surface area contributed by atoms with Crippen molar-refractivity contribution < 1.29 is 9.59 Å². The lowest BCUT2D eigenvalue weighted by Gasteiger charge is -2.37. The normalized spacial score (nSPS) is 21.5. The van der Waals surface area contributed by atoms with Crippen LogP contribution < -0.4 is 0 Å². The number of amides is 2. The van der Waals surface area contributed by atoms with Gasteiger partial charge in [0, 0.05) is 42.5 Å². The number of carbonyl (C=O) groups excluding carboxylic acids is 2. The first-order chi connectivity index (χ1) is 10.6. The quantitative estimate of drug-likeness (QED) is 0.869. The summed E-state index contributed by atoms with van der Waals surface area (Å²) < 4.78 is 0. The number of aromatic amines is 1. The van der Waals surface area contributed by atoms with Crippen molar-refractivity contribution in [2.24, 2.45) is 0 Å². The Hall–Kier alpha value is -2.08. The topological polar surface area (TPSA) is 69.3 Å². The molecule has 2 amide bonds. The lowest BCUT2D eigenvalue weighted by molar-refractivity contribution is -0.130. The van der Waals surface area contributed by atoms with E-state index in [0.29, 0.717) is 36.8 Å². The molecule has 1 aromatic carbocycles. The van der Waals surface area contributed by atoms with Gasteiger partial charge in [-0.15, -0.1) is 0 Å². The molecule has 2 aliphatic heterocycles. The van der Waals surface area contributed by atoms with E-state index < -0.39 is 0 Å². The Morgan fingerprint density at radius 3 is 3.09 bits per heavy atom. The molecule has 6 nitrogen and oxygen atoms in total. The number of carbonyl (C=O) groups is 2. The molecule has 2 fully saturated rings. The lowest BCUT2D eigenvalue weighted by Crippen LogP contribution is -2.53. The van der Waals surface area contributed by atoms with Gasteiger partial charge in [-0.25, -0.2) is 0 Å². The first-order valence-electron chi connectivity index (χ1n) is 7.36. The summed E-state index contributed by atoms with van der Waals surface area (Å²) in [5.41, 5.74) is 1.19. The van der Waals surface area contributed by atoms with E-state index in [1.807, 2.05) is 11.0 Å². The summed E-state index contributed by atoms with van der Waals surface area (Å²) in [7, 11) is 0. The number of halogens is 1. The van der Waals surface area contributed by atoms with Crippen molar-refractivity contribution in [3.05, 3.63) is 28.9 Å². The Labute approximate surface area is 132 Å². The van der Waals surface area contributed by atoms with E-state index in [1.165, 1.54) is 0 Å². The third-order valence-corrected chi connectivity index (χ3v) is 4.74. The number of fused-ring (bicyclic) bond motifs is 2. The molecule has 0 spiro atoms. The van der Waals surface area contributed by atoms with Crippen molar-refractivity contribution in [2.75, 3.05) is 19.6 Å². The summed E-state index contributed by atoms with van der Waals surface area (Å²) in [5.74, 6) is 0.0987. The molecule has 3 heterocycles. The van der Waals surface area contributed by atoms with Crippen LogP contribution in [0, 0.1) is 0 Å². The summed E-state index contributed by atoms with van der Waals surface area (Å²) in [6, 6.07) is 5.48. The van der Waals surface area contributed by atoms with E-state index in [-0.39, 0.29) is 17.9 Å². The number of aromatic nitrogens is 2. The fourth-order valence-electron chi connectivity index (χ4n) is 3.35. The van der Waals surface area contributed by atoms with Gasteiger partial charge in [-0.2, -0.15) is 5.10 Å².